The number of benzene rings is 1. The number of rotatable bonds is 5. The first-order chi connectivity index (χ1) is 10.0. The molecule has 0 aliphatic carbocycles. The number of hydrogen-bond donors (Lipinski definition) is 2. The molecule has 2 unspecified atom stereocenters. The van der Waals surface area contributed by atoms with Gasteiger partial charge in [0, 0.05) is 12.1 Å². The Hall–Kier alpha value is -1.46. The Morgan fingerprint density at radius 3 is 2.86 bits per heavy atom. The molecule has 1 fully saturated rings. The second-order valence-electron chi connectivity index (χ2n) is 5.63. The van der Waals surface area contributed by atoms with Gasteiger partial charge in [-0.2, -0.15) is 0 Å². The summed E-state index contributed by atoms with van der Waals surface area (Å²) in [6, 6.07) is 7.25. The van der Waals surface area contributed by atoms with Crippen molar-refractivity contribution in [2.75, 3.05) is 18.4 Å². The lowest BCUT2D eigenvalue weighted by Gasteiger charge is -2.24. The van der Waals surface area contributed by atoms with Crippen molar-refractivity contribution in [2.24, 2.45) is 11.7 Å². The van der Waals surface area contributed by atoms with Crippen molar-refractivity contribution in [2.45, 2.75) is 32.7 Å². The summed E-state index contributed by atoms with van der Waals surface area (Å²) >= 11 is 5.02. The number of amides is 1. The highest BCUT2D eigenvalue weighted by molar-refractivity contribution is 7.80. The molecule has 3 N–H and O–H groups in total. The molecule has 1 amide bonds. The molecular weight excluding hydrogens is 282 g/mol. The summed E-state index contributed by atoms with van der Waals surface area (Å²) in [7, 11) is 0. The molecule has 5 heteroatoms. The van der Waals surface area contributed by atoms with Crippen LogP contribution in [-0.4, -0.2) is 34.9 Å². The van der Waals surface area contributed by atoms with Crippen LogP contribution in [0.5, 0.6) is 0 Å². The predicted molar refractivity (Wildman–Crippen MR) is 90.4 cm³/mol. The molecule has 1 aromatic carbocycles. The maximum Gasteiger partial charge on any atom is 0.241 e. The summed E-state index contributed by atoms with van der Waals surface area (Å²) in [5.41, 5.74) is 7.09. The number of thiocarbonyl (C=S) groups is 1. The first kappa shape index (κ1) is 15.9. The number of nitrogens with two attached hydrogens (primary N) is 1. The summed E-state index contributed by atoms with van der Waals surface area (Å²) in [6.45, 7) is 6.15. The summed E-state index contributed by atoms with van der Waals surface area (Å²) < 4.78 is 0. The van der Waals surface area contributed by atoms with E-state index < -0.39 is 0 Å². The minimum absolute atomic E-state index is 0.00421. The van der Waals surface area contributed by atoms with Crippen LogP contribution in [-0.2, 0) is 4.79 Å². The van der Waals surface area contributed by atoms with Crippen molar-refractivity contribution in [3.05, 3.63) is 29.8 Å². The summed E-state index contributed by atoms with van der Waals surface area (Å²) in [6.07, 6.45) is 2.35. The number of carbonyl (C=O) groups is 1. The van der Waals surface area contributed by atoms with E-state index in [2.05, 4.69) is 17.1 Å². The van der Waals surface area contributed by atoms with E-state index in [1.165, 1.54) is 12.8 Å². The highest BCUT2D eigenvalue weighted by Gasteiger charge is 2.28. The Bertz CT molecular complexity index is 532. The zero-order valence-corrected chi connectivity index (χ0v) is 13.5. The number of carbonyl (C=O) groups excluding carboxylic acids is 1. The Morgan fingerprint density at radius 1 is 1.52 bits per heavy atom. The summed E-state index contributed by atoms with van der Waals surface area (Å²) in [5, 5.41) is 2.95. The molecule has 1 aliphatic heterocycles. The Labute approximate surface area is 131 Å². The van der Waals surface area contributed by atoms with Crippen LogP contribution in [0, 0.1) is 5.92 Å². The average molecular weight is 305 g/mol. The first-order valence-electron chi connectivity index (χ1n) is 7.46. The fourth-order valence-electron chi connectivity index (χ4n) is 2.76. The van der Waals surface area contributed by atoms with E-state index in [4.69, 9.17) is 18.0 Å². The number of para-hydroxylation sites is 1. The average Bonchev–Trinajstić information content (AvgIpc) is 2.95. The maximum atomic E-state index is 12.4. The molecule has 0 radical (unpaired) electrons. The van der Waals surface area contributed by atoms with Crippen molar-refractivity contribution in [3.63, 3.8) is 0 Å². The fraction of sp³-hybridized carbons (Fsp3) is 0.500. The standard InChI is InChI=1S/C16H23N3OS/c1-3-12-8-9-19(10-12)11(2)16(20)18-14-7-5-4-6-13(14)15(17)21/h4-7,11-12H,3,8-10H2,1-2H3,(H2,17,21)(H,18,20). The molecule has 1 aromatic rings. The molecule has 21 heavy (non-hydrogen) atoms. The number of nitrogens with zero attached hydrogens (tertiary/aromatic N) is 1. The minimum Gasteiger partial charge on any atom is -0.389 e. The lowest BCUT2D eigenvalue weighted by atomic mass is 10.1. The second-order valence-corrected chi connectivity index (χ2v) is 6.07. The highest BCUT2D eigenvalue weighted by Crippen LogP contribution is 2.22. The Balaban J connectivity index is 2.03. The van der Waals surface area contributed by atoms with E-state index >= 15 is 0 Å². The van der Waals surface area contributed by atoms with Crippen molar-refractivity contribution in [3.8, 4) is 0 Å². The molecule has 114 valence electrons. The van der Waals surface area contributed by atoms with Gasteiger partial charge in [-0.15, -0.1) is 0 Å². The Kier molecular flexibility index (Phi) is 5.31. The lowest BCUT2D eigenvalue weighted by Crippen LogP contribution is -2.41. The van der Waals surface area contributed by atoms with Gasteiger partial charge in [0.1, 0.15) is 4.99 Å². The first-order valence-corrected chi connectivity index (χ1v) is 7.87. The van der Waals surface area contributed by atoms with Gasteiger partial charge < -0.3 is 11.1 Å². The molecule has 2 atom stereocenters. The van der Waals surface area contributed by atoms with Gasteiger partial charge in [-0.05, 0) is 37.9 Å². The van der Waals surface area contributed by atoms with Crippen LogP contribution in [0.15, 0.2) is 24.3 Å². The van der Waals surface area contributed by atoms with Crippen LogP contribution in [0.3, 0.4) is 0 Å². The van der Waals surface area contributed by atoms with Crippen LogP contribution in [0.4, 0.5) is 5.69 Å². The van der Waals surface area contributed by atoms with Crippen molar-refractivity contribution < 1.29 is 4.79 Å². The predicted octanol–water partition coefficient (Wildman–Crippen LogP) is 2.38. The van der Waals surface area contributed by atoms with Crippen molar-refractivity contribution in [1.29, 1.82) is 0 Å². The Morgan fingerprint density at radius 2 is 2.24 bits per heavy atom. The molecule has 0 saturated carbocycles. The normalized spacial score (nSPS) is 20.2. The monoisotopic (exact) mass is 305 g/mol. The van der Waals surface area contributed by atoms with Gasteiger partial charge in [0.15, 0.2) is 0 Å². The van der Waals surface area contributed by atoms with Crippen LogP contribution in [0.2, 0.25) is 0 Å². The van der Waals surface area contributed by atoms with E-state index in [0.717, 1.165) is 13.1 Å². The topological polar surface area (TPSA) is 58.4 Å². The molecular formula is C16H23N3OS. The molecule has 1 heterocycles. The van der Waals surface area contributed by atoms with Crippen LogP contribution < -0.4 is 11.1 Å². The molecule has 2 rings (SSSR count). The SMILES string of the molecule is CCC1CCN(C(C)C(=O)Nc2ccccc2C(N)=S)C1. The van der Waals surface area contributed by atoms with Crippen molar-refractivity contribution in [1.82, 2.24) is 4.90 Å². The second kappa shape index (κ2) is 7.00. The molecule has 1 aliphatic rings. The van der Waals surface area contributed by atoms with E-state index in [1.54, 1.807) is 0 Å². The quantitative estimate of drug-likeness (QED) is 0.820. The maximum absolute atomic E-state index is 12.4. The molecule has 0 spiro atoms. The van der Waals surface area contributed by atoms with Gasteiger partial charge in [-0.1, -0.05) is 37.7 Å². The number of likely N-dealkylation sites (tertiary alicyclic amines) is 1. The van der Waals surface area contributed by atoms with Gasteiger partial charge in [0.05, 0.1) is 11.7 Å². The van der Waals surface area contributed by atoms with E-state index in [-0.39, 0.29) is 11.9 Å². The summed E-state index contributed by atoms with van der Waals surface area (Å²) in [4.78, 5) is 15.0. The summed E-state index contributed by atoms with van der Waals surface area (Å²) in [5.74, 6) is 0.708. The minimum atomic E-state index is -0.138. The smallest absolute Gasteiger partial charge is 0.241 e. The van der Waals surface area contributed by atoms with E-state index in [0.29, 0.717) is 22.2 Å². The number of hydrogen-bond acceptors (Lipinski definition) is 3. The van der Waals surface area contributed by atoms with Gasteiger partial charge in [-0.3, -0.25) is 9.69 Å². The zero-order valence-electron chi connectivity index (χ0n) is 12.6. The van der Waals surface area contributed by atoms with Crippen LogP contribution in [0.1, 0.15) is 32.3 Å². The molecule has 0 bridgehead atoms. The molecule has 1 saturated heterocycles. The lowest BCUT2D eigenvalue weighted by molar-refractivity contribution is -0.120. The third-order valence-electron chi connectivity index (χ3n) is 4.27. The van der Waals surface area contributed by atoms with Gasteiger partial charge in [0.25, 0.3) is 0 Å². The van der Waals surface area contributed by atoms with Gasteiger partial charge >= 0.3 is 0 Å². The number of anilines is 1. The van der Waals surface area contributed by atoms with Gasteiger partial charge in [0.2, 0.25) is 5.91 Å². The van der Waals surface area contributed by atoms with Crippen LogP contribution in [0.25, 0.3) is 0 Å². The fourth-order valence-corrected chi connectivity index (χ4v) is 2.94. The van der Waals surface area contributed by atoms with Crippen LogP contribution >= 0.6 is 12.2 Å². The number of nitrogens with one attached hydrogen (secondary N) is 1. The molecule has 0 aromatic heterocycles. The zero-order chi connectivity index (χ0) is 15.4. The largest absolute Gasteiger partial charge is 0.389 e. The third-order valence-corrected chi connectivity index (χ3v) is 4.49. The highest BCUT2D eigenvalue weighted by atomic mass is 32.1. The third kappa shape index (κ3) is 3.80. The van der Waals surface area contributed by atoms with E-state index in [1.807, 2.05) is 31.2 Å². The van der Waals surface area contributed by atoms with Gasteiger partial charge in [-0.25, -0.2) is 0 Å². The van der Waals surface area contributed by atoms with E-state index in [9.17, 15) is 4.79 Å². The van der Waals surface area contributed by atoms with Crippen molar-refractivity contribution >= 4 is 28.8 Å². The molecule has 4 nitrogen and oxygen atoms in total.